The molecule has 1 saturated carbocycles. The van der Waals surface area contributed by atoms with E-state index in [2.05, 4.69) is 65.6 Å². The highest BCUT2D eigenvalue weighted by atomic mass is 16.5. The highest BCUT2D eigenvalue weighted by molar-refractivity contribution is 5.69. The summed E-state index contributed by atoms with van der Waals surface area (Å²) in [6, 6.07) is 21.7. The van der Waals surface area contributed by atoms with Crippen molar-refractivity contribution in [3.05, 3.63) is 71.8 Å². The van der Waals surface area contributed by atoms with Crippen molar-refractivity contribution in [1.82, 2.24) is 4.90 Å². The lowest BCUT2D eigenvalue weighted by atomic mass is 9.97. The molecule has 0 saturated heterocycles. The smallest absolute Gasteiger partial charge is 0.306 e. The molecule has 2 aromatic rings. The van der Waals surface area contributed by atoms with Crippen LogP contribution in [0.2, 0.25) is 0 Å². The van der Waals surface area contributed by atoms with Gasteiger partial charge in [-0.15, -0.1) is 0 Å². The molecule has 3 nitrogen and oxygen atoms in total. The average molecular weight is 351 g/mol. The van der Waals surface area contributed by atoms with E-state index < -0.39 is 0 Å². The quantitative estimate of drug-likeness (QED) is 0.639. The Bertz CT molecular complexity index is 630. The molecule has 0 radical (unpaired) electrons. The predicted octanol–water partition coefficient (Wildman–Crippen LogP) is 4.81. The van der Waals surface area contributed by atoms with Gasteiger partial charge in [0.2, 0.25) is 0 Å². The summed E-state index contributed by atoms with van der Waals surface area (Å²) in [6.45, 7) is 4.18. The topological polar surface area (TPSA) is 29.5 Å². The average Bonchev–Trinajstić information content (AvgIpc) is 3.11. The molecule has 0 spiro atoms. The van der Waals surface area contributed by atoms with Gasteiger partial charge in [-0.1, -0.05) is 67.1 Å². The maximum atomic E-state index is 12.0. The van der Waals surface area contributed by atoms with E-state index in [0.717, 1.165) is 25.9 Å². The van der Waals surface area contributed by atoms with Crippen LogP contribution in [0, 0.1) is 5.92 Å². The molecule has 2 aromatic carbocycles. The molecule has 26 heavy (non-hydrogen) atoms. The summed E-state index contributed by atoms with van der Waals surface area (Å²) in [6.07, 6.45) is 4.00. The first kappa shape index (κ1) is 18.7. The Kier molecular flexibility index (Phi) is 6.84. The van der Waals surface area contributed by atoms with Crippen LogP contribution in [0.3, 0.4) is 0 Å². The van der Waals surface area contributed by atoms with E-state index in [0.29, 0.717) is 25.0 Å². The van der Waals surface area contributed by atoms with E-state index in [1.54, 1.807) is 0 Å². The zero-order valence-corrected chi connectivity index (χ0v) is 15.6. The Morgan fingerprint density at radius 1 is 0.962 bits per heavy atom. The molecule has 138 valence electrons. The van der Waals surface area contributed by atoms with Gasteiger partial charge in [0.25, 0.3) is 0 Å². The molecule has 0 amide bonds. The number of hydrogen-bond acceptors (Lipinski definition) is 3. The molecule has 0 bridgehead atoms. The molecule has 1 aliphatic carbocycles. The van der Waals surface area contributed by atoms with Crippen molar-refractivity contribution in [2.45, 2.75) is 51.7 Å². The number of benzene rings is 2. The molecule has 0 unspecified atom stereocenters. The standard InChI is InChI=1S/C23H29NO2/c1-2-26-23(25)16-21-14-9-15-22(21)24(17-19-10-5-3-6-11-19)18-20-12-7-4-8-13-20/h3-8,10-13,21-22H,2,9,14-18H2,1H3/t21-,22-/m1/s1. The van der Waals surface area contributed by atoms with Gasteiger partial charge >= 0.3 is 5.97 Å². The maximum absolute atomic E-state index is 12.0. The second kappa shape index (κ2) is 9.54. The Balaban J connectivity index is 1.75. The Hall–Kier alpha value is -2.13. The minimum absolute atomic E-state index is 0.0521. The lowest BCUT2D eigenvalue weighted by Gasteiger charge is -2.33. The van der Waals surface area contributed by atoms with Crippen LogP contribution in [0.15, 0.2) is 60.7 Å². The number of nitrogens with zero attached hydrogens (tertiary/aromatic N) is 1. The molecular formula is C23H29NO2. The van der Waals surface area contributed by atoms with Crippen molar-refractivity contribution in [2.75, 3.05) is 6.61 Å². The monoisotopic (exact) mass is 351 g/mol. The number of rotatable bonds is 8. The Morgan fingerprint density at radius 3 is 2.08 bits per heavy atom. The summed E-state index contributed by atoms with van der Waals surface area (Å²) >= 11 is 0. The molecule has 0 aliphatic heterocycles. The SMILES string of the molecule is CCOC(=O)C[C@H]1CCC[C@H]1N(Cc1ccccc1)Cc1ccccc1. The van der Waals surface area contributed by atoms with E-state index >= 15 is 0 Å². The summed E-state index contributed by atoms with van der Waals surface area (Å²) in [4.78, 5) is 14.6. The Labute approximate surface area is 157 Å². The molecule has 1 aliphatic rings. The molecule has 3 heteroatoms. The largest absolute Gasteiger partial charge is 0.466 e. The van der Waals surface area contributed by atoms with E-state index in [1.165, 1.54) is 17.5 Å². The second-order valence-electron chi connectivity index (χ2n) is 7.14. The van der Waals surface area contributed by atoms with Crippen molar-refractivity contribution in [1.29, 1.82) is 0 Å². The van der Waals surface area contributed by atoms with E-state index in [4.69, 9.17) is 4.74 Å². The third kappa shape index (κ3) is 5.18. The first-order valence-electron chi connectivity index (χ1n) is 9.73. The fourth-order valence-electron chi connectivity index (χ4n) is 4.10. The van der Waals surface area contributed by atoms with Crippen LogP contribution in [-0.4, -0.2) is 23.5 Å². The summed E-state index contributed by atoms with van der Waals surface area (Å²) in [5.74, 6) is 0.338. The third-order valence-corrected chi connectivity index (χ3v) is 5.28. The molecular weight excluding hydrogens is 322 g/mol. The molecule has 3 rings (SSSR count). The van der Waals surface area contributed by atoms with Crippen LogP contribution in [0.4, 0.5) is 0 Å². The zero-order chi connectivity index (χ0) is 18.2. The van der Waals surface area contributed by atoms with Gasteiger partial charge in [-0.2, -0.15) is 0 Å². The third-order valence-electron chi connectivity index (χ3n) is 5.28. The van der Waals surface area contributed by atoms with Crippen LogP contribution in [0.25, 0.3) is 0 Å². The van der Waals surface area contributed by atoms with E-state index in [1.807, 2.05) is 6.92 Å². The van der Waals surface area contributed by atoms with Gasteiger partial charge in [-0.25, -0.2) is 0 Å². The first-order chi connectivity index (χ1) is 12.8. The predicted molar refractivity (Wildman–Crippen MR) is 105 cm³/mol. The van der Waals surface area contributed by atoms with Gasteiger partial charge in [0.05, 0.1) is 6.61 Å². The van der Waals surface area contributed by atoms with Crippen molar-refractivity contribution in [3.8, 4) is 0 Å². The van der Waals surface area contributed by atoms with Crippen molar-refractivity contribution < 1.29 is 9.53 Å². The van der Waals surface area contributed by atoms with Crippen LogP contribution in [0.1, 0.15) is 43.7 Å². The lowest BCUT2D eigenvalue weighted by molar-refractivity contribution is -0.144. The zero-order valence-electron chi connectivity index (χ0n) is 15.6. The van der Waals surface area contributed by atoms with Crippen LogP contribution in [-0.2, 0) is 22.6 Å². The molecule has 1 fully saturated rings. The fraction of sp³-hybridized carbons (Fsp3) is 0.435. The molecule has 2 atom stereocenters. The van der Waals surface area contributed by atoms with Gasteiger partial charge in [0.15, 0.2) is 0 Å². The van der Waals surface area contributed by atoms with Crippen LogP contribution < -0.4 is 0 Å². The highest BCUT2D eigenvalue weighted by Crippen LogP contribution is 2.34. The highest BCUT2D eigenvalue weighted by Gasteiger charge is 2.33. The number of carbonyl (C=O) groups excluding carboxylic acids is 1. The summed E-state index contributed by atoms with van der Waals surface area (Å²) in [5.41, 5.74) is 2.65. The van der Waals surface area contributed by atoms with Crippen LogP contribution in [0.5, 0.6) is 0 Å². The second-order valence-corrected chi connectivity index (χ2v) is 7.14. The minimum Gasteiger partial charge on any atom is -0.466 e. The van der Waals surface area contributed by atoms with Gasteiger partial charge in [-0.3, -0.25) is 9.69 Å². The van der Waals surface area contributed by atoms with E-state index in [-0.39, 0.29) is 5.97 Å². The fourth-order valence-corrected chi connectivity index (χ4v) is 4.10. The number of carbonyl (C=O) groups is 1. The summed E-state index contributed by atoms with van der Waals surface area (Å²) in [7, 11) is 0. The first-order valence-corrected chi connectivity index (χ1v) is 9.73. The van der Waals surface area contributed by atoms with Gasteiger partial charge < -0.3 is 4.74 Å². The van der Waals surface area contributed by atoms with Crippen molar-refractivity contribution in [3.63, 3.8) is 0 Å². The summed E-state index contributed by atoms with van der Waals surface area (Å²) in [5, 5.41) is 0. The van der Waals surface area contributed by atoms with Gasteiger partial charge in [0, 0.05) is 25.6 Å². The number of ether oxygens (including phenoxy) is 1. The molecule has 0 N–H and O–H groups in total. The van der Waals surface area contributed by atoms with E-state index in [9.17, 15) is 4.79 Å². The summed E-state index contributed by atoms with van der Waals surface area (Å²) < 4.78 is 5.21. The normalized spacial score (nSPS) is 19.6. The molecule has 0 aromatic heterocycles. The molecule has 0 heterocycles. The van der Waals surface area contributed by atoms with Gasteiger partial charge in [0.1, 0.15) is 0 Å². The number of esters is 1. The minimum atomic E-state index is -0.0521. The lowest BCUT2D eigenvalue weighted by Crippen LogP contribution is -2.38. The van der Waals surface area contributed by atoms with Crippen LogP contribution >= 0.6 is 0 Å². The maximum Gasteiger partial charge on any atom is 0.306 e. The van der Waals surface area contributed by atoms with Crippen molar-refractivity contribution >= 4 is 5.97 Å². The number of hydrogen-bond donors (Lipinski definition) is 0. The van der Waals surface area contributed by atoms with Gasteiger partial charge in [-0.05, 0) is 36.8 Å². The van der Waals surface area contributed by atoms with Crippen molar-refractivity contribution in [2.24, 2.45) is 5.92 Å². The Morgan fingerprint density at radius 2 is 1.54 bits per heavy atom.